The lowest BCUT2D eigenvalue weighted by atomic mass is 10.1. The molecular formula is C14H14BrN3O. The van der Waals surface area contributed by atoms with Gasteiger partial charge in [0.1, 0.15) is 0 Å². The first-order chi connectivity index (χ1) is 9.08. The monoisotopic (exact) mass is 319 g/mol. The van der Waals surface area contributed by atoms with Crippen molar-refractivity contribution in [2.45, 2.75) is 13.0 Å². The van der Waals surface area contributed by atoms with E-state index in [9.17, 15) is 4.79 Å². The van der Waals surface area contributed by atoms with Gasteiger partial charge in [0, 0.05) is 22.6 Å². The molecule has 0 aliphatic heterocycles. The van der Waals surface area contributed by atoms with Gasteiger partial charge in [-0.2, -0.15) is 0 Å². The van der Waals surface area contributed by atoms with Crippen LogP contribution in [-0.4, -0.2) is 10.9 Å². The van der Waals surface area contributed by atoms with Crippen LogP contribution in [0.4, 0.5) is 5.69 Å². The van der Waals surface area contributed by atoms with Crippen LogP contribution in [0.5, 0.6) is 0 Å². The molecule has 0 bridgehead atoms. The van der Waals surface area contributed by atoms with Gasteiger partial charge in [-0.25, -0.2) is 0 Å². The summed E-state index contributed by atoms with van der Waals surface area (Å²) in [6, 6.07) is 8.86. The Morgan fingerprint density at radius 2 is 2.00 bits per heavy atom. The van der Waals surface area contributed by atoms with E-state index in [2.05, 4.69) is 26.2 Å². The second-order valence-corrected chi connectivity index (χ2v) is 5.12. The Hall–Kier alpha value is -1.88. The first kappa shape index (κ1) is 13.5. The number of hydrogen-bond acceptors (Lipinski definition) is 3. The summed E-state index contributed by atoms with van der Waals surface area (Å²) in [6.07, 6.45) is 3.40. The second-order valence-electron chi connectivity index (χ2n) is 4.21. The Labute approximate surface area is 120 Å². The minimum absolute atomic E-state index is 0.103. The maximum atomic E-state index is 12.2. The number of carbonyl (C=O) groups is 1. The van der Waals surface area contributed by atoms with Crippen LogP contribution >= 0.6 is 15.9 Å². The summed E-state index contributed by atoms with van der Waals surface area (Å²) in [5.74, 6) is -0.192. The van der Waals surface area contributed by atoms with E-state index in [0.717, 1.165) is 10.0 Å². The highest BCUT2D eigenvalue weighted by Crippen LogP contribution is 2.19. The van der Waals surface area contributed by atoms with E-state index in [1.807, 2.05) is 19.1 Å². The number of amides is 1. The molecule has 2 rings (SSSR count). The molecule has 5 heteroatoms. The quantitative estimate of drug-likeness (QED) is 0.855. The van der Waals surface area contributed by atoms with Gasteiger partial charge in [0.15, 0.2) is 0 Å². The smallest absolute Gasteiger partial charge is 0.253 e. The number of anilines is 1. The zero-order valence-electron chi connectivity index (χ0n) is 10.4. The zero-order valence-corrected chi connectivity index (χ0v) is 12.0. The standard InChI is InChI=1S/C14H14BrN3O/c1-9(10-4-6-17-7-5-10)18-14(19)12-8-11(15)2-3-13(12)16/h2-9H,16H2,1H3,(H,18,19)/t9-/m0/s1. The molecule has 2 aromatic rings. The summed E-state index contributed by atoms with van der Waals surface area (Å²) in [7, 11) is 0. The van der Waals surface area contributed by atoms with Crippen molar-refractivity contribution in [1.29, 1.82) is 0 Å². The fraction of sp³-hybridized carbons (Fsp3) is 0.143. The van der Waals surface area contributed by atoms with Crippen LogP contribution < -0.4 is 11.1 Å². The molecule has 1 aromatic carbocycles. The summed E-state index contributed by atoms with van der Waals surface area (Å²) >= 11 is 3.33. The lowest BCUT2D eigenvalue weighted by Crippen LogP contribution is -2.27. The summed E-state index contributed by atoms with van der Waals surface area (Å²) in [6.45, 7) is 1.92. The van der Waals surface area contributed by atoms with Gasteiger partial charge >= 0.3 is 0 Å². The van der Waals surface area contributed by atoms with E-state index in [4.69, 9.17) is 5.73 Å². The van der Waals surface area contributed by atoms with Crippen molar-refractivity contribution in [3.8, 4) is 0 Å². The second kappa shape index (κ2) is 5.84. The molecule has 1 aromatic heterocycles. The van der Waals surface area contributed by atoms with Gasteiger partial charge in [0.2, 0.25) is 0 Å². The van der Waals surface area contributed by atoms with E-state index < -0.39 is 0 Å². The largest absolute Gasteiger partial charge is 0.398 e. The number of carbonyl (C=O) groups excluding carboxylic acids is 1. The molecule has 0 unspecified atom stereocenters. The van der Waals surface area contributed by atoms with Crippen LogP contribution in [0.3, 0.4) is 0 Å². The predicted molar refractivity (Wildman–Crippen MR) is 78.7 cm³/mol. The number of nitrogens with two attached hydrogens (primary N) is 1. The van der Waals surface area contributed by atoms with Crippen LogP contribution in [0.1, 0.15) is 28.9 Å². The lowest BCUT2D eigenvalue weighted by Gasteiger charge is -2.15. The summed E-state index contributed by atoms with van der Waals surface area (Å²) in [5.41, 5.74) is 7.74. The van der Waals surface area contributed by atoms with Crippen molar-refractivity contribution < 1.29 is 4.79 Å². The molecule has 0 saturated heterocycles. The summed E-state index contributed by atoms with van der Waals surface area (Å²) in [4.78, 5) is 16.1. The van der Waals surface area contributed by atoms with Gasteiger partial charge in [-0.1, -0.05) is 15.9 Å². The van der Waals surface area contributed by atoms with Crippen molar-refractivity contribution in [2.75, 3.05) is 5.73 Å². The Morgan fingerprint density at radius 1 is 1.32 bits per heavy atom. The van der Waals surface area contributed by atoms with Gasteiger partial charge in [0.05, 0.1) is 11.6 Å². The van der Waals surface area contributed by atoms with Crippen LogP contribution in [0.25, 0.3) is 0 Å². The van der Waals surface area contributed by atoms with E-state index >= 15 is 0 Å². The van der Waals surface area contributed by atoms with Gasteiger partial charge in [-0.3, -0.25) is 9.78 Å². The minimum Gasteiger partial charge on any atom is -0.398 e. The van der Waals surface area contributed by atoms with E-state index in [1.54, 1.807) is 30.6 Å². The fourth-order valence-electron chi connectivity index (χ4n) is 1.73. The van der Waals surface area contributed by atoms with Crippen LogP contribution in [-0.2, 0) is 0 Å². The topological polar surface area (TPSA) is 68.0 Å². The van der Waals surface area contributed by atoms with Crippen LogP contribution in [0.15, 0.2) is 47.2 Å². The highest BCUT2D eigenvalue weighted by atomic mass is 79.9. The molecule has 19 heavy (non-hydrogen) atoms. The first-order valence-corrected chi connectivity index (χ1v) is 6.63. The number of hydrogen-bond donors (Lipinski definition) is 2. The number of nitrogen functional groups attached to an aromatic ring is 1. The maximum absolute atomic E-state index is 12.2. The number of benzene rings is 1. The molecule has 1 amide bonds. The van der Waals surface area contributed by atoms with Crippen molar-refractivity contribution in [2.24, 2.45) is 0 Å². The molecule has 98 valence electrons. The highest BCUT2D eigenvalue weighted by molar-refractivity contribution is 9.10. The predicted octanol–water partition coefficient (Wildman–Crippen LogP) is 2.92. The van der Waals surface area contributed by atoms with Crippen molar-refractivity contribution >= 4 is 27.5 Å². The van der Waals surface area contributed by atoms with Gasteiger partial charge in [0.25, 0.3) is 5.91 Å². The zero-order chi connectivity index (χ0) is 13.8. The minimum atomic E-state index is -0.192. The average molecular weight is 320 g/mol. The Kier molecular flexibility index (Phi) is 4.16. The molecule has 0 aliphatic rings. The summed E-state index contributed by atoms with van der Waals surface area (Å²) < 4.78 is 0.823. The molecule has 0 spiro atoms. The lowest BCUT2D eigenvalue weighted by molar-refractivity contribution is 0.0940. The highest BCUT2D eigenvalue weighted by Gasteiger charge is 2.14. The number of halogens is 1. The van der Waals surface area contributed by atoms with Crippen molar-refractivity contribution in [3.63, 3.8) is 0 Å². The number of rotatable bonds is 3. The van der Waals surface area contributed by atoms with Gasteiger partial charge < -0.3 is 11.1 Å². The molecule has 0 saturated carbocycles. The third-order valence-corrected chi connectivity index (χ3v) is 3.31. The van der Waals surface area contributed by atoms with E-state index in [0.29, 0.717) is 11.3 Å². The maximum Gasteiger partial charge on any atom is 0.253 e. The Balaban J connectivity index is 2.15. The third-order valence-electron chi connectivity index (χ3n) is 2.81. The number of nitrogens with zero attached hydrogens (tertiary/aromatic N) is 1. The Morgan fingerprint density at radius 3 is 2.68 bits per heavy atom. The van der Waals surface area contributed by atoms with Crippen molar-refractivity contribution in [3.05, 3.63) is 58.3 Å². The van der Waals surface area contributed by atoms with E-state index in [1.165, 1.54) is 0 Å². The van der Waals surface area contributed by atoms with E-state index in [-0.39, 0.29) is 11.9 Å². The molecular weight excluding hydrogens is 306 g/mol. The molecule has 0 fully saturated rings. The SMILES string of the molecule is C[C@H](NC(=O)c1cc(Br)ccc1N)c1ccncc1. The molecule has 3 N–H and O–H groups in total. The first-order valence-electron chi connectivity index (χ1n) is 5.83. The fourth-order valence-corrected chi connectivity index (χ4v) is 2.10. The van der Waals surface area contributed by atoms with Gasteiger partial charge in [-0.15, -0.1) is 0 Å². The molecule has 1 heterocycles. The number of pyridine rings is 1. The molecule has 0 aliphatic carbocycles. The number of aromatic nitrogens is 1. The van der Waals surface area contributed by atoms with Crippen LogP contribution in [0, 0.1) is 0 Å². The summed E-state index contributed by atoms with van der Waals surface area (Å²) in [5, 5.41) is 2.91. The van der Waals surface area contributed by atoms with Gasteiger partial charge in [-0.05, 0) is 42.8 Å². The third kappa shape index (κ3) is 3.32. The molecule has 4 nitrogen and oxygen atoms in total. The molecule has 1 atom stereocenters. The normalized spacial score (nSPS) is 11.9. The Bertz CT molecular complexity index is 586. The average Bonchev–Trinajstić information content (AvgIpc) is 2.42. The van der Waals surface area contributed by atoms with Crippen molar-refractivity contribution in [1.82, 2.24) is 10.3 Å². The van der Waals surface area contributed by atoms with Crippen LogP contribution in [0.2, 0.25) is 0 Å². The molecule has 0 radical (unpaired) electrons. The number of nitrogens with one attached hydrogen (secondary N) is 1.